The molecule has 4 aromatic heterocycles. The van der Waals surface area contributed by atoms with Gasteiger partial charge in [-0.2, -0.15) is 0 Å². The number of anilines is 3. The maximum Gasteiger partial charge on any atom is 0.0789 e. The molecule has 54 heavy (non-hydrogen) atoms. The predicted octanol–water partition coefficient (Wildman–Crippen LogP) is 14.4. The van der Waals surface area contributed by atoms with Gasteiger partial charge >= 0.3 is 0 Å². The van der Waals surface area contributed by atoms with Crippen molar-refractivity contribution in [1.82, 2.24) is 8.80 Å². The third kappa shape index (κ3) is 3.60. The summed E-state index contributed by atoms with van der Waals surface area (Å²) in [5, 5.41) is 12.7. The molecule has 0 atom stereocenters. The molecular weight excluding hydrogens is 675 g/mol. The van der Waals surface area contributed by atoms with Crippen LogP contribution in [0.1, 0.15) is 0 Å². The summed E-state index contributed by atoms with van der Waals surface area (Å²) in [5.74, 6) is 0. The van der Waals surface area contributed by atoms with Crippen molar-refractivity contribution in [3.05, 3.63) is 176 Å². The van der Waals surface area contributed by atoms with E-state index in [-0.39, 0.29) is 0 Å². The molecule has 0 spiro atoms. The fourth-order valence-electron chi connectivity index (χ4n) is 9.56. The van der Waals surface area contributed by atoms with E-state index in [0.717, 1.165) is 5.69 Å². The van der Waals surface area contributed by atoms with Crippen LogP contribution in [0.2, 0.25) is 0 Å². The Morgan fingerprint density at radius 2 is 0.944 bits per heavy atom. The van der Waals surface area contributed by atoms with Crippen molar-refractivity contribution < 1.29 is 0 Å². The molecule has 0 fully saturated rings. The SMILES string of the molecule is c1ccc2c(c1)cc(N(c1ccc3c(c1)n1c4ccccc4c4ccc5c6ccccc6n3c5c41)c1cccc3c1sc1ccccc13)c1ccccc12. The number of para-hydroxylation sites is 2. The van der Waals surface area contributed by atoms with Crippen molar-refractivity contribution in [3.63, 3.8) is 0 Å². The Labute approximate surface area is 313 Å². The van der Waals surface area contributed by atoms with Gasteiger partial charge in [-0.3, -0.25) is 0 Å². The Hall–Kier alpha value is -6.88. The van der Waals surface area contributed by atoms with Gasteiger partial charge in [-0.15, -0.1) is 11.3 Å². The van der Waals surface area contributed by atoms with E-state index in [1.165, 1.54) is 108 Å². The lowest BCUT2D eigenvalue weighted by Gasteiger charge is -2.28. The van der Waals surface area contributed by atoms with Crippen LogP contribution in [-0.2, 0) is 0 Å². The van der Waals surface area contributed by atoms with Gasteiger partial charge in [0.25, 0.3) is 0 Å². The second kappa shape index (κ2) is 10.4. The van der Waals surface area contributed by atoms with E-state index in [4.69, 9.17) is 0 Å². The second-order valence-electron chi connectivity index (χ2n) is 14.5. The van der Waals surface area contributed by atoms with Gasteiger partial charge in [0.1, 0.15) is 0 Å². The fourth-order valence-corrected chi connectivity index (χ4v) is 10.8. The number of rotatable bonds is 3. The average Bonchev–Trinajstić information content (AvgIpc) is 3.90. The maximum atomic E-state index is 2.53. The molecule has 0 bridgehead atoms. The van der Waals surface area contributed by atoms with E-state index >= 15 is 0 Å². The van der Waals surface area contributed by atoms with Crippen molar-refractivity contribution in [2.24, 2.45) is 0 Å². The first-order chi connectivity index (χ1) is 26.8. The molecular formula is C50H29N3S. The molecule has 0 amide bonds. The summed E-state index contributed by atoms with van der Waals surface area (Å²) in [6.07, 6.45) is 0. The topological polar surface area (TPSA) is 12.1 Å². The number of fused-ring (bicyclic) bond motifs is 15. The highest BCUT2D eigenvalue weighted by Gasteiger charge is 2.25. The van der Waals surface area contributed by atoms with Crippen LogP contribution in [-0.4, -0.2) is 8.80 Å². The Morgan fingerprint density at radius 1 is 0.352 bits per heavy atom. The molecule has 4 heteroatoms. The van der Waals surface area contributed by atoms with Crippen molar-refractivity contribution >= 4 is 125 Å². The lowest BCUT2D eigenvalue weighted by Crippen LogP contribution is -2.11. The van der Waals surface area contributed by atoms with Crippen LogP contribution >= 0.6 is 11.3 Å². The predicted molar refractivity (Wildman–Crippen MR) is 232 cm³/mol. The van der Waals surface area contributed by atoms with Crippen molar-refractivity contribution in [2.75, 3.05) is 4.90 Å². The molecule has 4 heterocycles. The summed E-state index contributed by atoms with van der Waals surface area (Å²) in [6, 6.07) is 65.3. The summed E-state index contributed by atoms with van der Waals surface area (Å²) in [4.78, 5) is 2.53. The van der Waals surface area contributed by atoms with Crippen molar-refractivity contribution in [3.8, 4) is 0 Å². The van der Waals surface area contributed by atoms with Crippen LogP contribution < -0.4 is 4.90 Å². The summed E-state index contributed by atoms with van der Waals surface area (Å²) in [6.45, 7) is 0. The number of thiophene rings is 1. The molecule has 0 aliphatic heterocycles. The van der Waals surface area contributed by atoms with Gasteiger partial charge in [0.05, 0.1) is 49.2 Å². The smallest absolute Gasteiger partial charge is 0.0789 e. The van der Waals surface area contributed by atoms with Crippen molar-refractivity contribution in [1.29, 1.82) is 0 Å². The zero-order chi connectivity index (χ0) is 35.1. The third-order valence-electron chi connectivity index (χ3n) is 11.8. The number of nitrogens with zero attached hydrogens (tertiary/aromatic N) is 3. The summed E-state index contributed by atoms with van der Waals surface area (Å²) < 4.78 is 7.62. The van der Waals surface area contributed by atoms with Crippen LogP contribution in [0.3, 0.4) is 0 Å². The Bertz CT molecular complexity index is 3690. The first kappa shape index (κ1) is 28.7. The van der Waals surface area contributed by atoms with Crippen LogP contribution in [0.5, 0.6) is 0 Å². The Morgan fingerprint density at radius 3 is 1.70 bits per heavy atom. The second-order valence-corrected chi connectivity index (χ2v) is 15.5. The van der Waals surface area contributed by atoms with Gasteiger partial charge < -0.3 is 13.7 Å². The van der Waals surface area contributed by atoms with Crippen LogP contribution in [0, 0.1) is 0 Å². The zero-order valence-electron chi connectivity index (χ0n) is 29.0. The minimum absolute atomic E-state index is 1.12. The number of benzene rings is 9. The summed E-state index contributed by atoms with van der Waals surface area (Å²) in [5.41, 5.74) is 10.8. The summed E-state index contributed by atoms with van der Waals surface area (Å²) in [7, 11) is 0. The van der Waals surface area contributed by atoms with Crippen molar-refractivity contribution in [2.45, 2.75) is 0 Å². The lowest BCUT2D eigenvalue weighted by atomic mass is 9.99. The van der Waals surface area contributed by atoms with Gasteiger partial charge in [-0.05, 0) is 64.7 Å². The first-order valence-electron chi connectivity index (χ1n) is 18.5. The van der Waals surface area contributed by atoms with Gasteiger partial charge in [0, 0.05) is 48.1 Å². The molecule has 9 aromatic carbocycles. The average molecular weight is 704 g/mol. The highest BCUT2D eigenvalue weighted by Crippen LogP contribution is 2.49. The first-order valence-corrected chi connectivity index (χ1v) is 19.3. The Kier molecular flexibility index (Phi) is 5.51. The molecule has 3 nitrogen and oxygen atoms in total. The lowest BCUT2D eigenvalue weighted by molar-refractivity contribution is 1.24. The van der Waals surface area contributed by atoms with E-state index in [2.05, 4.69) is 190 Å². The fraction of sp³-hybridized carbons (Fsp3) is 0. The molecule has 0 saturated carbocycles. The van der Waals surface area contributed by atoms with E-state index < -0.39 is 0 Å². The normalized spacial score (nSPS) is 12.4. The minimum Gasteiger partial charge on any atom is -0.308 e. The maximum absolute atomic E-state index is 2.53. The number of hydrogen-bond donors (Lipinski definition) is 0. The highest BCUT2D eigenvalue weighted by atomic mass is 32.1. The molecule has 0 aliphatic rings. The minimum atomic E-state index is 1.12. The van der Waals surface area contributed by atoms with Crippen LogP contribution in [0.15, 0.2) is 176 Å². The van der Waals surface area contributed by atoms with E-state index in [9.17, 15) is 0 Å². The molecule has 0 saturated heterocycles. The van der Waals surface area contributed by atoms with E-state index in [1.807, 2.05) is 11.3 Å². The molecule has 0 N–H and O–H groups in total. The number of aromatic nitrogens is 2. The van der Waals surface area contributed by atoms with Gasteiger partial charge in [0.15, 0.2) is 0 Å². The van der Waals surface area contributed by atoms with Gasteiger partial charge in [-0.25, -0.2) is 0 Å². The standard InChI is InChI=1S/C50H29N3S/c1-2-13-32-30(12-1)28-45(34-15-4-3-14-33(32)34)51(44-22-11-19-40-37-18-7-10-23-47(37)54-50(40)44)31-24-27-43-46(29-31)53-42-21-9-6-17-36(42)39-26-25-38-35-16-5-8-20-41(35)52(43)48(38)49(39)53/h1-29H. The third-order valence-corrected chi connectivity index (χ3v) is 13.0. The van der Waals surface area contributed by atoms with E-state index in [0.29, 0.717) is 0 Å². The number of hydrogen-bond acceptors (Lipinski definition) is 2. The molecule has 13 aromatic rings. The molecule has 0 radical (unpaired) electrons. The van der Waals surface area contributed by atoms with Crippen LogP contribution in [0.4, 0.5) is 17.1 Å². The monoisotopic (exact) mass is 703 g/mol. The largest absolute Gasteiger partial charge is 0.308 e. The molecule has 0 unspecified atom stereocenters. The highest BCUT2D eigenvalue weighted by molar-refractivity contribution is 7.26. The Balaban J connectivity index is 1.22. The van der Waals surface area contributed by atoms with Crippen LogP contribution in [0.25, 0.3) is 96.4 Å². The molecule has 0 aliphatic carbocycles. The van der Waals surface area contributed by atoms with E-state index in [1.54, 1.807) is 0 Å². The van der Waals surface area contributed by atoms with Gasteiger partial charge in [0.2, 0.25) is 0 Å². The molecule has 13 rings (SSSR count). The van der Waals surface area contributed by atoms with Gasteiger partial charge in [-0.1, -0.05) is 127 Å². The molecule has 250 valence electrons. The summed E-state index contributed by atoms with van der Waals surface area (Å²) >= 11 is 1.88. The zero-order valence-corrected chi connectivity index (χ0v) is 29.8. The quantitative estimate of drug-likeness (QED) is 0.132.